The maximum absolute atomic E-state index is 4.10. The van der Waals surface area contributed by atoms with E-state index in [1.807, 2.05) is 6.92 Å². The Bertz CT molecular complexity index is 375. The lowest BCUT2D eigenvalue weighted by atomic mass is 9.99. The summed E-state index contributed by atoms with van der Waals surface area (Å²) in [6.07, 6.45) is 4.99. The first kappa shape index (κ1) is 11.6. The molecule has 0 spiro atoms. The Kier molecular flexibility index (Phi) is 4.17. The number of aliphatic imine (C=N–C) groups is 1. The quantitative estimate of drug-likeness (QED) is 0.394. The molecule has 0 aromatic rings. The minimum atomic E-state index is 0.308. The van der Waals surface area contributed by atoms with Crippen LogP contribution in [-0.2, 0) is 0 Å². The molecule has 0 saturated carbocycles. The van der Waals surface area contributed by atoms with Crippen LogP contribution in [0.1, 0.15) is 27.2 Å². The van der Waals surface area contributed by atoms with Crippen molar-refractivity contribution in [2.75, 3.05) is 7.05 Å². The molecule has 2 heteroatoms. The molecule has 0 saturated heterocycles. The SMILES string of the molecule is CN=C(C)N/C1=C(\C)C(C)C#CCC=C1. The molecule has 80 valence electrons. The highest BCUT2D eigenvalue weighted by atomic mass is 15.0. The van der Waals surface area contributed by atoms with Crippen LogP contribution in [-0.4, -0.2) is 12.9 Å². The Morgan fingerprint density at radius 3 is 3.00 bits per heavy atom. The summed E-state index contributed by atoms with van der Waals surface area (Å²) in [7, 11) is 1.79. The molecule has 15 heavy (non-hydrogen) atoms. The zero-order valence-corrected chi connectivity index (χ0v) is 9.89. The zero-order valence-electron chi connectivity index (χ0n) is 9.89. The minimum absolute atomic E-state index is 0.308. The summed E-state index contributed by atoms with van der Waals surface area (Å²) >= 11 is 0. The van der Waals surface area contributed by atoms with Gasteiger partial charge in [0.25, 0.3) is 0 Å². The molecule has 0 bridgehead atoms. The van der Waals surface area contributed by atoms with E-state index in [0.29, 0.717) is 5.92 Å². The van der Waals surface area contributed by atoms with Crippen LogP contribution in [0.15, 0.2) is 28.4 Å². The van der Waals surface area contributed by atoms with Gasteiger partial charge in [0.05, 0.1) is 5.84 Å². The number of amidine groups is 1. The average Bonchev–Trinajstić information content (AvgIpc) is 2.23. The van der Waals surface area contributed by atoms with E-state index in [0.717, 1.165) is 18.0 Å². The summed E-state index contributed by atoms with van der Waals surface area (Å²) < 4.78 is 0. The first-order valence-electron chi connectivity index (χ1n) is 5.21. The molecule has 1 atom stereocenters. The van der Waals surface area contributed by atoms with Crippen molar-refractivity contribution < 1.29 is 0 Å². The second-order valence-corrected chi connectivity index (χ2v) is 3.68. The van der Waals surface area contributed by atoms with Crippen molar-refractivity contribution in [2.24, 2.45) is 10.9 Å². The molecule has 1 N–H and O–H groups in total. The van der Waals surface area contributed by atoms with Crippen LogP contribution in [0, 0.1) is 17.8 Å². The predicted octanol–water partition coefficient (Wildman–Crippen LogP) is 2.50. The monoisotopic (exact) mass is 202 g/mol. The highest BCUT2D eigenvalue weighted by Crippen LogP contribution is 2.15. The number of allylic oxidation sites excluding steroid dienone is 3. The molecule has 1 unspecified atom stereocenters. The summed E-state index contributed by atoms with van der Waals surface area (Å²) in [6.45, 7) is 6.20. The number of hydrogen-bond donors (Lipinski definition) is 1. The number of nitrogens with zero attached hydrogens (tertiary/aromatic N) is 1. The highest BCUT2D eigenvalue weighted by Gasteiger charge is 2.07. The molecule has 0 amide bonds. The summed E-state index contributed by atoms with van der Waals surface area (Å²) in [5.41, 5.74) is 2.39. The number of nitrogens with one attached hydrogen (secondary N) is 1. The first-order valence-corrected chi connectivity index (χ1v) is 5.21. The molecular formula is C13H18N2. The van der Waals surface area contributed by atoms with Crippen molar-refractivity contribution in [2.45, 2.75) is 27.2 Å². The maximum atomic E-state index is 4.10. The Morgan fingerprint density at radius 1 is 1.60 bits per heavy atom. The molecule has 0 heterocycles. The van der Waals surface area contributed by atoms with Crippen LogP contribution in [0.2, 0.25) is 0 Å². The summed E-state index contributed by atoms with van der Waals surface area (Å²) in [4.78, 5) is 4.10. The van der Waals surface area contributed by atoms with Crippen LogP contribution in [0.4, 0.5) is 0 Å². The van der Waals surface area contributed by atoms with Gasteiger partial charge in [-0.05, 0) is 32.4 Å². The topological polar surface area (TPSA) is 24.4 Å². The second kappa shape index (κ2) is 5.41. The van der Waals surface area contributed by atoms with E-state index in [9.17, 15) is 0 Å². The fourth-order valence-electron chi connectivity index (χ4n) is 1.31. The third kappa shape index (κ3) is 3.28. The van der Waals surface area contributed by atoms with Gasteiger partial charge in [0, 0.05) is 25.1 Å². The van der Waals surface area contributed by atoms with Gasteiger partial charge in [-0.15, -0.1) is 0 Å². The first-order chi connectivity index (χ1) is 7.15. The summed E-state index contributed by atoms with van der Waals surface area (Å²) in [6, 6.07) is 0. The van der Waals surface area contributed by atoms with E-state index in [1.165, 1.54) is 5.57 Å². The van der Waals surface area contributed by atoms with Crippen molar-refractivity contribution in [1.29, 1.82) is 0 Å². The van der Waals surface area contributed by atoms with Crippen LogP contribution in [0.5, 0.6) is 0 Å². The molecule has 0 aromatic heterocycles. The predicted molar refractivity (Wildman–Crippen MR) is 65.6 cm³/mol. The zero-order chi connectivity index (χ0) is 11.3. The third-order valence-corrected chi connectivity index (χ3v) is 2.55. The lowest BCUT2D eigenvalue weighted by Gasteiger charge is -2.14. The van der Waals surface area contributed by atoms with Crippen molar-refractivity contribution in [3.63, 3.8) is 0 Å². The van der Waals surface area contributed by atoms with Gasteiger partial charge in [-0.25, -0.2) is 0 Å². The lowest BCUT2D eigenvalue weighted by Crippen LogP contribution is -2.21. The molecule has 1 aliphatic rings. The Labute approximate surface area is 92.2 Å². The van der Waals surface area contributed by atoms with Gasteiger partial charge in [-0.1, -0.05) is 17.9 Å². The molecule has 0 aliphatic heterocycles. The molecule has 0 aromatic carbocycles. The van der Waals surface area contributed by atoms with Gasteiger partial charge in [-0.3, -0.25) is 4.99 Å². The van der Waals surface area contributed by atoms with Crippen molar-refractivity contribution in [3.8, 4) is 11.8 Å². The Hall–Kier alpha value is -1.49. The van der Waals surface area contributed by atoms with Crippen molar-refractivity contribution in [3.05, 3.63) is 23.4 Å². The molecule has 1 aliphatic carbocycles. The molecular weight excluding hydrogens is 184 g/mol. The highest BCUT2D eigenvalue weighted by molar-refractivity contribution is 5.81. The Balaban J connectivity index is 2.97. The fraction of sp³-hybridized carbons (Fsp3) is 0.462. The normalized spacial score (nSPS) is 26.4. The van der Waals surface area contributed by atoms with Crippen molar-refractivity contribution >= 4 is 5.84 Å². The van der Waals surface area contributed by atoms with E-state index >= 15 is 0 Å². The molecule has 1 rings (SSSR count). The van der Waals surface area contributed by atoms with Crippen LogP contribution in [0.25, 0.3) is 0 Å². The standard InChI is InChI=1S/C13H18N2/c1-10-8-6-5-7-9-13(11(10)2)15-12(3)14-4/h7,9-10H,5H2,1-4H3,(H,14,15)/b9-7?,13-11+. The van der Waals surface area contributed by atoms with Crippen molar-refractivity contribution in [1.82, 2.24) is 5.32 Å². The second-order valence-electron chi connectivity index (χ2n) is 3.68. The fourth-order valence-corrected chi connectivity index (χ4v) is 1.31. The van der Waals surface area contributed by atoms with E-state index in [1.54, 1.807) is 7.05 Å². The van der Waals surface area contributed by atoms with Crippen LogP contribution >= 0.6 is 0 Å². The molecule has 2 nitrogen and oxygen atoms in total. The smallest absolute Gasteiger partial charge is 0.0972 e. The summed E-state index contributed by atoms with van der Waals surface area (Å²) in [5.74, 6) is 7.58. The van der Waals surface area contributed by atoms with Crippen LogP contribution in [0.3, 0.4) is 0 Å². The minimum Gasteiger partial charge on any atom is -0.344 e. The third-order valence-electron chi connectivity index (χ3n) is 2.55. The maximum Gasteiger partial charge on any atom is 0.0972 e. The van der Waals surface area contributed by atoms with Gasteiger partial charge in [0.1, 0.15) is 0 Å². The lowest BCUT2D eigenvalue weighted by molar-refractivity contribution is 0.861. The van der Waals surface area contributed by atoms with Gasteiger partial charge < -0.3 is 5.32 Å². The Morgan fingerprint density at radius 2 is 2.33 bits per heavy atom. The number of rotatable bonds is 1. The summed E-state index contributed by atoms with van der Waals surface area (Å²) in [5, 5.41) is 3.29. The van der Waals surface area contributed by atoms with E-state index < -0.39 is 0 Å². The van der Waals surface area contributed by atoms with Crippen LogP contribution < -0.4 is 5.32 Å². The van der Waals surface area contributed by atoms with E-state index in [2.05, 4.69) is 48.1 Å². The molecule has 0 radical (unpaired) electrons. The van der Waals surface area contributed by atoms with Gasteiger partial charge in [0.15, 0.2) is 0 Å². The van der Waals surface area contributed by atoms with Gasteiger partial charge >= 0.3 is 0 Å². The van der Waals surface area contributed by atoms with E-state index in [4.69, 9.17) is 0 Å². The van der Waals surface area contributed by atoms with Gasteiger partial charge in [0.2, 0.25) is 0 Å². The van der Waals surface area contributed by atoms with Gasteiger partial charge in [-0.2, -0.15) is 0 Å². The largest absolute Gasteiger partial charge is 0.344 e. The number of hydrogen-bond acceptors (Lipinski definition) is 1. The molecule has 0 fully saturated rings. The van der Waals surface area contributed by atoms with E-state index in [-0.39, 0.29) is 0 Å². The average molecular weight is 202 g/mol.